The van der Waals surface area contributed by atoms with E-state index in [9.17, 15) is 0 Å². The van der Waals surface area contributed by atoms with Gasteiger partial charge in [0.2, 0.25) is 0 Å². The predicted octanol–water partition coefficient (Wildman–Crippen LogP) is 4.96. The molecule has 32 heavy (non-hydrogen) atoms. The van der Waals surface area contributed by atoms with Gasteiger partial charge in [-0.05, 0) is 63.1 Å². The zero-order valence-electron chi connectivity index (χ0n) is 18.8. The van der Waals surface area contributed by atoms with Crippen molar-refractivity contribution in [3.8, 4) is 0 Å². The van der Waals surface area contributed by atoms with Crippen LogP contribution in [0, 0.1) is 13.8 Å². The van der Waals surface area contributed by atoms with Gasteiger partial charge in [0.05, 0.1) is 17.6 Å². The fourth-order valence-electron chi connectivity index (χ4n) is 4.66. The average molecular weight is 427 g/mol. The second kappa shape index (κ2) is 9.09. The van der Waals surface area contributed by atoms with E-state index in [0.29, 0.717) is 12.5 Å². The van der Waals surface area contributed by atoms with Gasteiger partial charge in [0.15, 0.2) is 11.5 Å². The summed E-state index contributed by atoms with van der Waals surface area (Å²) < 4.78 is 0. The van der Waals surface area contributed by atoms with E-state index in [2.05, 4.69) is 68.7 Å². The number of pyridine rings is 2. The Hall–Kier alpha value is -3.25. The van der Waals surface area contributed by atoms with Crippen molar-refractivity contribution < 1.29 is 0 Å². The van der Waals surface area contributed by atoms with E-state index in [-0.39, 0.29) is 0 Å². The summed E-state index contributed by atoms with van der Waals surface area (Å²) in [6.07, 6.45) is 2.39. The van der Waals surface area contributed by atoms with Gasteiger partial charge in [-0.25, -0.2) is 4.98 Å². The average Bonchev–Trinajstić information content (AvgIpc) is 3.20. The summed E-state index contributed by atoms with van der Waals surface area (Å²) in [5.41, 5.74) is 6.74. The van der Waals surface area contributed by atoms with Gasteiger partial charge in [-0.3, -0.25) is 15.0 Å². The van der Waals surface area contributed by atoms with Crippen LogP contribution in [-0.4, -0.2) is 38.2 Å². The van der Waals surface area contributed by atoms with Crippen molar-refractivity contribution in [2.45, 2.75) is 45.7 Å². The third kappa shape index (κ3) is 4.65. The SMILES string of the molecule is Cc1cccc(CN2CCC[C@@H](c3ccc4c(NCc5cccc(C)n5)n[nH]c4n3)C2)c1. The van der Waals surface area contributed by atoms with Gasteiger partial charge in [0, 0.05) is 30.4 Å². The molecule has 3 aromatic heterocycles. The van der Waals surface area contributed by atoms with Crippen molar-refractivity contribution in [2.75, 3.05) is 18.4 Å². The summed E-state index contributed by atoms with van der Waals surface area (Å²) in [7, 11) is 0. The molecule has 0 bridgehead atoms. The first-order valence-corrected chi connectivity index (χ1v) is 11.4. The molecule has 1 aromatic carbocycles. The molecule has 5 rings (SSSR count). The number of nitrogens with zero attached hydrogens (tertiary/aromatic N) is 4. The third-order valence-corrected chi connectivity index (χ3v) is 6.24. The van der Waals surface area contributed by atoms with Gasteiger partial charge in [0.25, 0.3) is 0 Å². The maximum absolute atomic E-state index is 4.94. The van der Waals surface area contributed by atoms with Crippen molar-refractivity contribution in [3.63, 3.8) is 0 Å². The van der Waals surface area contributed by atoms with Crippen molar-refractivity contribution >= 4 is 16.9 Å². The number of aromatic nitrogens is 4. The molecule has 6 heteroatoms. The molecule has 0 aliphatic carbocycles. The molecule has 0 radical (unpaired) electrons. The number of fused-ring (bicyclic) bond motifs is 1. The lowest BCUT2D eigenvalue weighted by Crippen LogP contribution is -2.34. The summed E-state index contributed by atoms with van der Waals surface area (Å²) >= 11 is 0. The summed E-state index contributed by atoms with van der Waals surface area (Å²) in [6.45, 7) is 8.01. The van der Waals surface area contributed by atoms with Gasteiger partial charge >= 0.3 is 0 Å². The summed E-state index contributed by atoms with van der Waals surface area (Å²) in [6, 6.07) is 19.2. The second-order valence-corrected chi connectivity index (χ2v) is 8.89. The lowest BCUT2D eigenvalue weighted by Gasteiger charge is -2.32. The number of likely N-dealkylation sites (tertiary alicyclic amines) is 1. The summed E-state index contributed by atoms with van der Waals surface area (Å²) in [5, 5.41) is 12.0. The number of aryl methyl sites for hydroxylation is 2. The number of hydrogen-bond acceptors (Lipinski definition) is 5. The molecule has 0 spiro atoms. The normalized spacial score (nSPS) is 17.0. The molecule has 1 aliphatic rings. The number of H-pyrrole nitrogens is 1. The topological polar surface area (TPSA) is 69.7 Å². The van der Waals surface area contributed by atoms with E-state index in [1.807, 2.05) is 25.1 Å². The molecule has 2 N–H and O–H groups in total. The molecule has 4 heterocycles. The smallest absolute Gasteiger partial charge is 0.157 e. The highest BCUT2D eigenvalue weighted by Crippen LogP contribution is 2.29. The first-order valence-electron chi connectivity index (χ1n) is 11.4. The van der Waals surface area contributed by atoms with Crippen molar-refractivity contribution in [2.24, 2.45) is 0 Å². The van der Waals surface area contributed by atoms with E-state index in [1.54, 1.807) is 0 Å². The van der Waals surface area contributed by atoms with E-state index in [0.717, 1.165) is 53.6 Å². The van der Waals surface area contributed by atoms with Crippen LogP contribution >= 0.6 is 0 Å². The highest BCUT2D eigenvalue weighted by atomic mass is 15.2. The van der Waals surface area contributed by atoms with Crippen LogP contribution in [-0.2, 0) is 13.1 Å². The molecule has 0 saturated carbocycles. The van der Waals surface area contributed by atoms with Crippen LogP contribution in [0.1, 0.15) is 47.0 Å². The Morgan fingerprint density at radius 1 is 1.06 bits per heavy atom. The number of aromatic amines is 1. The Kier molecular flexibility index (Phi) is 5.86. The zero-order valence-corrected chi connectivity index (χ0v) is 18.8. The van der Waals surface area contributed by atoms with Crippen LogP contribution in [0.5, 0.6) is 0 Å². The van der Waals surface area contributed by atoms with Crippen LogP contribution in [0.3, 0.4) is 0 Å². The van der Waals surface area contributed by atoms with Crippen molar-refractivity contribution in [1.29, 1.82) is 0 Å². The highest BCUT2D eigenvalue weighted by molar-refractivity contribution is 5.87. The molecule has 1 atom stereocenters. The Morgan fingerprint density at radius 3 is 2.84 bits per heavy atom. The fourth-order valence-corrected chi connectivity index (χ4v) is 4.66. The molecule has 6 nitrogen and oxygen atoms in total. The standard InChI is InChI=1S/C26H30N6/c1-18-6-3-8-20(14-18)16-32-13-5-9-21(17-32)24-12-11-23-25(30-31-26(23)29-24)27-15-22-10-4-7-19(2)28-22/h3-4,6-8,10-12,14,21H,5,9,13,15-17H2,1-2H3,(H2,27,29,30,31)/t21-/m1/s1. The zero-order chi connectivity index (χ0) is 21.9. The molecule has 1 saturated heterocycles. The molecule has 164 valence electrons. The van der Waals surface area contributed by atoms with Crippen molar-refractivity contribution in [1.82, 2.24) is 25.1 Å². The van der Waals surface area contributed by atoms with Crippen LogP contribution in [0.2, 0.25) is 0 Å². The van der Waals surface area contributed by atoms with Crippen LogP contribution < -0.4 is 5.32 Å². The molecular weight excluding hydrogens is 396 g/mol. The summed E-state index contributed by atoms with van der Waals surface area (Å²) in [4.78, 5) is 12.1. The van der Waals surface area contributed by atoms with E-state index < -0.39 is 0 Å². The number of hydrogen-bond donors (Lipinski definition) is 2. The maximum Gasteiger partial charge on any atom is 0.157 e. The van der Waals surface area contributed by atoms with Crippen LogP contribution in [0.25, 0.3) is 11.0 Å². The third-order valence-electron chi connectivity index (χ3n) is 6.24. The van der Waals surface area contributed by atoms with E-state index >= 15 is 0 Å². The molecule has 1 aliphatic heterocycles. The Morgan fingerprint density at radius 2 is 1.97 bits per heavy atom. The lowest BCUT2D eigenvalue weighted by atomic mass is 9.93. The molecule has 0 amide bonds. The monoisotopic (exact) mass is 426 g/mol. The highest BCUT2D eigenvalue weighted by Gasteiger charge is 2.23. The Labute approximate surface area is 189 Å². The second-order valence-electron chi connectivity index (χ2n) is 8.89. The minimum atomic E-state index is 0.453. The van der Waals surface area contributed by atoms with Gasteiger partial charge in [-0.2, -0.15) is 5.10 Å². The number of rotatable bonds is 6. The van der Waals surface area contributed by atoms with Crippen LogP contribution in [0.15, 0.2) is 54.6 Å². The van der Waals surface area contributed by atoms with Crippen molar-refractivity contribution in [3.05, 3.63) is 82.8 Å². The largest absolute Gasteiger partial charge is 0.362 e. The number of anilines is 1. The lowest BCUT2D eigenvalue weighted by molar-refractivity contribution is 0.198. The number of nitrogens with one attached hydrogen (secondary N) is 2. The first-order chi connectivity index (χ1) is 15.6. The number of piperidine rings is 1. The predicted molar refractivity (Wildman–Crippen MR) is 129 cm³/mol. The molecule has 1 fully saturated rings. The quantitative estimate of drug-likeness (QED) is 0.456. The molecular formula is C26H30N6. The molecule has 0 unspecified atom stereocenters. The first kappa shape index (κ1) is 20.6. The number of benzene rings is 1. The maximum atomic E-state index is 4.94. The van der Waals surface area contributed by atoms with Gasteiger partial charge in [-0.1, -0.05) is 35.9 Å². The van der Waals surface area contributed by atoms with Gasteiger partial charge in [0.1, 0.15) is 0 Å². The fraction of sp³-hybridized carbons (Fsp3) is 0.346. The van der Waals surface area contributed by atoms with E-state index in [1.165, 1.54) is 24.0 Å². The Balaban J connectivity index is 1.27. The Bertz CT molecular complexity index is 1210. The minimum absolute atomic E-state index is 0.453. The van der Waals surface area contributed by atoms with Gasteiger partial charge in [-0.15, -0.1) is 0 Å². The molecule has 4 aromatic rings. The van der Waals surface area contributed by atoms with Crippen LogP contribution in [0.4, 0.5) is 5.82 Å². The summed E-state index contributed by atoms with van der Waals surface area (Å²) in [5.74, 6) is 1.28. The minimum Gasteiger partial charge on any atom is -0.362 e. The van der Waals surface area contributed by atoms with Gasteiger partial charge < -0.3 is 5.32 Å². The van der Waals surface area contributed by atoms with E-state index in [4.69, 9.17) is 4.98 Å².